The first kappa shape index (κ1) is 16.7. The molecule has 2 aromatic rings. The Hall–Kier alpha value is -1.67. The van der Waals surface area contributed by atoms with Crippen molar-refractivity contribution in [1.82, 2.24) is 9.78 Å². The van der Waals surface area contributed by atoms with E-state index in [0.717, 1.165) is 9.35 Å². The third-order valence-electron chi connectivity index (χ3n) is 3.08. The van der Waals surface area contributed by atoms with Crippen LogP contribution >= 0.6 is 27.3 Å². The smallest absolute Gasteiger partial charge is 0.340 e. The summed E-state index contributed by atoms with van der Waals surface area (Å²) >= 11 is 4.66. The van der Waals surface area contributed by atoms with Gasteiger partial charge in [0.2, 0.25) is 5.91 Å². The molecule has 118 valence electrons. The molecule has 1 unspecified atom stereocenters. The summed E-state index contributed by atoms with van der Waals surface area (Å²) < 4.78 is 7.14. The Labute approximate surface area is 140 Å². The molecule has 0 aliphatic carbocycles. The molecule has 0 aromatic carbocycles. The van der Waals surface area contributed by atoms with Gasteiger partial charge in [0.1, 0.15) is 11.0 Å². The molecule has 1 amide bonds. The zero-order valence-corrected chi connectivity index (χ0v) is 14.8. The van der Waals surface area contributed by atoms with Crippen LogP contribution in [0.3, 0.4) is 0 Å². The van der Waals surface area contributed by atoms with Crippen molar-refractivity contribution in [3.05, 3.63) is 33.4 Å². The van der Waals surface area contributed by atoms with Gasteiger partial charge in [0.15, 0.2) is 0 Å². The van der Waals surface area contributed by atoms with Crippen LogP contribution < -0.4 is 5.32 Å². The number of nitrogens with zero attached hydrogens (tertiary/aromatic N) is 2. The summed E-state index contributed by atoms with van der Waals surface area (Å²) in [6, 6.07) is 1.26. The monoisotopic (exact) mass is 385 g/mol. The quantitative estimate of drug-likeness (QED) is 0.800. The molecule has 0 bridgehead atoms. The van der Waals surface area contributed by atoms with Crippen LogP contribution in [0.1, 0.15) is 34.6 Å². The maximum Gasteiger partial charge on any atom is 0.340 e. The van der Waals surface area contributed by atoms with Gasteiger partial charge in [0.25, 0.3) is 0 Å². The summed E-state index contributed by atoms with van der Waals surface area (Å²) in [4.78, 5) is 25.2. The van der Waals surface area contributed by atoms with Crippen LogP contribution in [-0.4, -0.2) is 28.8 Å². The van der Waals surface area contributed by atoms with Gasteiger partial charge < -0.3 is 10.1 Å². The van der Waals surface area contributed by atoms with Gasteiger partial charge in [0, 0.05) is 11.1 Å². The third-order valence-corrected chi connectivity index (χ3v) is 4.45. The maximum atomic E-state index is 12.5. The van der Waals surface area contributed by atoms with E-state index >= 15 is 0 Å². The molecule has 2 rings (SSSR count). The minimum absolute atomic E-state index is 0.217. The standard InChI is InChI=1S/C14H16BrN3O3S/c1-4-11(18-7-9(15)6-16-18)12(19)17-13-10(14(20)21-3)5-8(2)22-13/h5-7,11H,4H2,1-3H3,(H,17,19). The molecule has 2 aromatic heterocycles. The fraction of sp³-hybridized carbons (Fsp3) is 0.357. The Kier molecular flexibility index (Phi) is 5.36. The van der Waals surface area contributed by atoms with Crippen LogP contribution in [0.5, 0.6) is 0 Å². The Morgan fingerprint density at radius 1 is 1.55 bits per heavy atom. The number of halogens is 1. The molecule has 2 heterocycles. The third kappa shape index (κ3) is 3.56. The number of amides is 1. The van der Waals surface area contributed by atoms with Gasteiger partial charge >= 0.3 is 5.97 Å². The van der Waals surface area contributed by atoms with Crippen LogP contribution in [0.4, 0.5) is 5.00 Å². The van der Waals surface area contributed by atoms with Gasteiger partial charge in [-0.15, -0.1) is 11.3 Å². The first-order valence-electron chi connectivity index (χ1n) is 6.65. The number of anilines is 1. The fourth-order valence-electron chi connectivity index (χ4n) is 2.04. The summed E-state index contributed by atoms with van der Waals surface area (Å²) in [5.41, 5.74) is 0.370. The second-order valence-corrected chi connectivity index (χ2v) is 6.82. The molecule has 0 radical (unpaired) electrons. The van der Waals surface area contributed by atoms with E-state index in [9.17, 15) is 9.59 Å². The molecule has 6 nitrogen and oxygen atoms in total. The second kappa shape index (κ2) is 7.06. The predicted molar refractivity (Wildman–Crippen MR) is 88.3 cm³/mol. The number of carbonyl (C=O) groups is 2. The molecule has 1 atom stereocenters. The van der Waals surface area contributed by atoms with Gasteiger partial charge in [-0.05, 0) is 35.3 Å². The number of thiophene rings is 1. The van der Waals surface area contributed by atoms with E-state index in [2.05, 4.69) is 26.3 Å². The lowest BCUT2D eigenvalue weighted by molar-refractivity contribution is -0.119. The fourth-order valence-corrected chi connectivity index (χ4v) is 3.25. The van der Waals surface area contributed by atoms with E-state index in [4.69, 9.17) is 4.74 Å². The zero-order chi connectivity index (χ0) is 16.3. The number of hydrogen-bond donors (Lipinski definition) is 1. The normalized spacial score (nSPS) is 12.0. The lowest BCUT2D eigenvalue weighted by Crippen LogP contribution is -2.26. The van der Waals surface area contributed by atoms with Crippen LogP contribution in [0.2, 0.25) is 0 Å². The maximum absolute atomic E-state index is 12.5. The van der Waals surface area contributed by atoms with Crippen molar-refractivity contribution in [2.45, 2.75) is 26.3 Å². The van der Waals surface area contributed by atoms with Gasteiger partial charge in [-0.2, -0.15) is 5.10 Å². The summed E-state index contributed by atoms with van der Waals surface area (Å²) in [5, 5.41) is 7.46. The topological polar surface area (TPSA) is 73.2 Å². The minimum atomic E-state index is -0.463. The molecule has 0 spiro atoms. The van der Waals surface area contributed by atoms with Crippen molar-refractivity contribution in [1.29, 1.82) is 0 Å². The van der Waals surface area contributed by atoms with Crippen molar-refractivity contribution in [3.8, 4) is 0 Å². The highest BCUT2D eigenvalue weighted by molar-refractivity contribution is 9.10. The predicted octanol–water partition coefficient (Wildman–Crippen LogP) is 3.39. The van der Waals surface area contributed by atoms with Crippen LogP contribution in [0.15, 0.2) is 22.9 Å². The summed E-state index contributed by atoms with van der Waals surface area (Å²) in [5.74, 6) is -0.681. The number of methoxy groups -OCH3 is 1. The first-order valence-corrected chi connectivity index (χ1v) is 8.26. The highest BCUT2D eigenvalue weighted by atomic mass is 79.9. The van der Waals surface area contributed by atoms with E-state index in [1.165, 1.54) is 18.4 Å². The number of ether oxygens (including phenoxy) is 1. The molecule has 0 saturated heterocycles. The molecule has 0 saturated carbocycles. The van der Waals surface area contributed by atoms with Crippen molar-refractivity contribution >= 4 is 44.1 Å². The number of esters is 1. The van der Waals surface area contributed by atoms with Gasteiger partial charge in [-0.1, -0.05) is 6.92 Å². The SMILES string of the molecule is CCC(C(=O)Nc1sc(C)cc1C(=O)OC)n1cc(Br)cn1. The summed E-state index contributed by atoms with van der Waals surface area (Å²) in [7, 11) is 1.32. The Balaban J connectivity index is 2.22. The van der Waals surface area contributed by atoms with Gasteiger partial charge in [-0.3, -0.25) is 9.48 Å². The number of aryl methyl sites for hydroxylation is 1. The van der Waals surface area contributed by atoms with Crippen molar-refractivity contribution in [2.75, 3.05) is 12.4 Å². The molecule has 1 N–H and O–H groups in total. The minimum Gasteiger partial charge on any atom is -0.465 e. The molecule has 0 fully saturated rings. The summed E-state index contributed by atoms with van der Waals surface area (Å²) in [6.07, 6.45) is 3.96. The van der Waals surface area contributed by atoms with Crippen molar-refractivity contribution in [2.24, 2.45) is 0 Å². The number of carbonyl (C=O) groups excluding carboxylic acids is 2. The van der Waals surface area contributed by atoms with E-state index in [-0.39, 0.29) is 5.91 Å². The van der Waals surface area contributed by atoms with E-state index < -0.39 is 12.0 Å². The number of nitrogens with one attached hydrogen (secondary N) is 1. The van der Waals surface area contributed by atoms with Crippen molar-refractivity contribution < 1.29 is 14.3 Å². The number of hydrogen-bond acceptors (Lipinski definition) is 5. The average Bonchev–Trinajstić information content (AvgIpc) is 3.05. The lowest BCUT2D eigenvalue weighted by Gasteiger charge is -2.15. The lowest BCUT2D eigenvalue weighted by atomic mass is 10.2. The molecular weight excluding hydrogens is 370 g/mol. The molecule has 22 heavy (non-hydrogen) atoms. The average molecular weight is 386 g/mol. The summed E-state index contributed by atoms with van der Waals surface area (Å²) in [6.45, 7) is 3.77. The van der Waals surface area contributed by atoms with E-state index in [0.29, 0.717) is 17.0 Å². The van der Waals surface area contributed by atoms with Gasteiger partial charge in [0.05, 0.1) is 23.3 Å². The highest BCUT2D eigenvalue weighted by Gasteiger charge is 2.23. The Morgan fingerprint density at radius 3 is 2.82 bits per heavy atom. The number of aromatic nitrogens is 2. The Bertz CT molecular complexity index is 695. The number of rotatable bonds is 5. The highest BCUT2D eigenvalue weighted by Crippen LogP contribution is 2.29. The first-order chi connectivity index (χ1) is 10.5. The van der Waals surface area contributed by atoms with Crippen LogP contribution in [0.25, 0.3) is 0 Å². The van der Waals surface area contributed by atoms with Crippen LogP contribution in [0, 0.1) is 6.92 Å². The molecule has 0 aliphatic rings. The van der Waals surface area contributed by atoms with Gasteiger partial charge in [-0.25, -0.2) is 4.79 Å². The Morgan fingerprint density at radius 2 is 2.27 bits per heavy atom. The zero-order valence-electron chi connectivity index (χ0n) is 12.4. The molecule has 0 aliphatic heterocycles. The second-order valence-electron chi connectivity index (χ2n) is 4.64. The largest absolute Gasteiger partial charge is 0.465 e. The van der Waals surface area contributed by atoms with E-state index in [1.54, 1.807) is 23.1 Å². The van der Waals surface area contributed by atoms with Crippen molar-refractivity contribution in [3.63, 3.8) is 0 Å². The van der Waals surface area contributed by atoms with Crippen LogP contribution in [-0.2, 0) is 9.53 Å². The molecule has 8 heteroatoms. The van der Waals surface area contributed by atoms with E-state index in [1.807, 2.05) is 13.8 Å². The molecular formula is C14H16BrN3O3S.